The Morgan fingerprint density at radius 1 is 1.38 bits per heavy atom. The molecule has 0 spiro atoms. The molecule has 0 fully saturated rings. The summed E-state index contributed by atoms with van der Waals surface area (Å²) in [5, 5.41) is 12.2. The minimum atomic E-state index is -0.929. The number of thiophene rings is 1. The van der Waals surface area contributed by atoms with Gasteiger partial charge in [-0.3, -0.25) is 0 Å². The topological polar surface area (TPSA) is 20.2 Å². The fourth-order valence-electron chi connectivity index (χ4n) is 1.51. The lowest BCUT2D eigenvalue weighted by Gasteiger charge is -2.10. The fourth-order valence-corrected chi connectivity index (χ4v) is 2.39. The molecule has 1 aromatic heterocycles. The van der Waals surface area contributed by atoms with Crippen molar-refractivity contribution in [1.82, 2.24) is 0 Å². The molecule has 0 radical (unpaired) electrons. The SMILES string of the molecule is Cc1cc(C(O)c2ccc(Cl)cc2F)cs1. The second-order valence-corrected chi connectivity index (χ2v) is 5.11. The van der Waals surface area contributed by atoms with Gasteiger partial charge in [0.1, 0.15) is 11.9 Å². The Morgan fingerprint density at radius 2 is 2.12 bits per heavy atom. The van der Waals surface area contributed by atoms with Gasteiger partial charge in [0.2, 0.25) is 0 Å². The summed E-state index contributed by atoms with van der Waals surface area (Å²) in [5.41, 5.74) is 0.964. The number of hydrogen-bond acceptors (Lipinski definition) is 2. The van der Waals surface area contributed by atoms with Crippen LogP contribution in [-0.4, -0.2) is 5.11 Å². The van der Waals surface area contributed by atoms with Crippen LogP contribution in [0.1, 0.15) is 22.1 Å². The van der Waals surface area contributed by atoms with Crippen LogP contribution in [-0.2, 0) is 0 Å². The van der Waals surface area contributed by atoms with Crippen LogP contribution in [0.2, 0.25) is 5.02 Å². The lowest BCUT2D eigenvalue weighted by molar-refractivity contribution is 0.215. The maximum absolute atomic E-state index is 13.6. The van der Waals surface area contributed by atoms with Gasteiger partial charge in [0, 0.05) is 15.5 Å². The van der Waals surface area contributed by atoms with E-state index < -0.39 is 11.9 Å². The molecule has 1 atom stereocenters. The van der Waals surface area contributed by atoms with Crippen molar-refractivity contribution in [2.75, 3.05) is 0 Å². The Hall–Kier alpha value is -0.900. The van der Waals surface area contributed by atoms with Gasteiger partial charge in [-0.25, -0.2) is 4.39 Å². The molecular weight excluding hydrogens is 247 g/mol. The Labute approximate surface area is 102 Å². The zero-order valence-electron chi connectivity index (χ0n) is 8.58. The van der Waals surface area contributed by atoms with Gasteiger partial charge in [0.05, 0.1) is 0 Å². The van der Waals surface area contributed by atoms with E-state index in [4.69, 9.17) is 11.6 Å². The standard InChI is InChI=1S/C12H10ClFOS/c1-7-4-8(6-16-7)12(15)10-3-2-9(13)5-11(10)14/h2-6,12,15H,1H3. The molecule has 1 aromatic carbocycles. The summed E-state index contributed by atoms with van der Waals surface area (Å²) in [4.78, 5) is 1.09. The largest absolute Gasteiger partial charge is 0.384 e. The van der Waals surface area contributed by atoms with Crippen molar-refractivity contribution < 1.29 is 9.50 Å². The van der Waals surface area contributed by atoms with Crippen LogP contribution in [0, 0.1) is 12.7 Å². The molecule has 0 aliphatic carbocycles. The maximum Gasteiger partial charge on any atom is 0.130 e. The fraction of sp³-hybridized carbons (Fsp3) is 0.167. The zero-order valence-corrected chi connectivity index (χ0v) is 10.1. The van der Waals surface area contributed by atoms with Gasteiger partial charge in [-0.1, -0.05) is 17.7 Å². The highest BCUT2D eigenvalue weighted by Gasteiger charge is 2.16. The van der Waals surface area contributed by atoms with Gasteiger partial charge in [0.25, 0.3) is 0 Å². The van der Waals surface area contributed by atoms with Crippen molar-refractivity contribution in [2.45, 2.75) is 13.0 Å². The first kappa shape index (κ1) is 11.6. The molecule has 1 nitrogen and oxygen atoms in total. The summed E-state index contributed by atoms with van der Waals surface area (Å²) in [6.45, 7) is 1.94. The normalized spacial score (nSPS) is 12.8. The molecule has 0 amide bonds. The van der Waals surface area contributed by atoms with Crippen molar-refractivity contribution in [3.05, 3.63) is 56.5 Å². The maximum atomic E-state index is 13.6. The molecule has 0 saturated carbocycles. The lowest BCUT2D eigenvalue weighted by Crippen LogP contribution is -2.01. The van der Waals surface area contributed by atoms with Crippen molar-refractivity contribution in [3.8, 4) is 0 Å². The molecule has 2 aromatic rings. The summed E-state index contributed by atoms with van der Waals surface area (Å²) < 4.78 is 13.6. The average Bonchev–Trinajstić information content (AvgIpc) is 2.64. The molecular formula is C12H10ClFOS. The molecule has 84 valence electrons. The van der Waals surface area contributed by atoms with E-state index in [0.717, 1.165) is 4.88 Å². The number of hydrogen-bond donors (Lipinski definition) is 1. The molecule has 0 aliphatic rings. The van der Waals surface area contributed by atoms with E-state index in [1.807, 2.05) is 18.4 Å². The van der Waals surface area contributed by atoms with Crippen molar-refractivity contribution >= 4 is 22.9 Å². The molecule has 1 unspecified atom stereocenters. The number of rotatable bonds is 2. The minimum Gasteiger partial charge on any atom is -0.384 e. The molecule has 0 bridgehead atoms. The third-order valence-corrected chi connectivity index (χ3v) is 3.44. The Kier molecular flexibility index (Phi) is 3.28. The smallest absolute Gasteiger partial charge is 0.130 e. The summed E-state index contributed by atoms with van der Waals surface area (Å²) in [5.74, 6) is -0.483. The first-order valence-electron chi connectivity index (χ1n) is 4.76. The van der Waals surface area contributed by atoms with E-state index in [2.05, 4.69) is 0 Å². The van der Waals surface area contributed by atoms with E-state index in [0.29, 0.717) is 10.6 Å². The summed E-state index contributed by atoms with van der Waals surface area (Å²) in [6, 6.07) is 6.14. The molecule has 16 heavy (non-hydrogen) atoms. The molecule has 1 heterocycles. The van der Waals surface area contributed by atoms with Gasteiger partial charge in [-0.05, 0) is 36.1 Å². The molecule has 0 aliphatic heterocycles. The first-order chi connectivity index (χ1) is 7.58. The third kappa shape index (κ3) is 2.26. The van der Waals surface area contributed by atoms with E-state index in [1.54, 1.807) is 6.07 Å². The highest BCUT2D eigenvalue weighted by Crippen LogP contribution is 2.28. The second kappa shape index (κ2) is 4.53. The molecule has 1 N–H and O–H groups in total. The summed E-state index contributed by atoms with van der Waals surface area (Å²) in [7, 11) is 0. The van der Waals surface area contributed by atoms with E-state index >= 15 is 0 Å². The van der Waals surface area contributed by atoms with Crippen LogP contribution >= 0.6 is 22.9 Å². The number of aryl methyl sites for hydroxylation is 1. The summed E-state index contributed by atoms with van der Waals surface area (Å²) >= 11 is 7.18. The number of aliphatic hydroxyl groups excluding tert-OH is 1. The Bertz CT molecular complexity index is 509. The van der Waals surface area contributed by atoms with E-state index in [1.165, 1.54) is 23.5 Å². The first-order valence-corrected chi connectivity index (χ1v) is 6.02. The van der Waals surface area contributed by atoms with E-state index in [9.17, 15) is 9.50 Å². The van der Waals surface area contributed by atoms with Gasteiger partial charge < -0.3 is 5.11 Å². The average molecular weight is 257 g/mol. The predicted octanol–water partition coefficient (Wildman–Crippen LogP) is 3.93. The number of halogens is 2. The third-order valence-electron chi connectivity index (χ3n) is 2.32. The second-order valence-electron chi connectivity index (χ2n) is 3.56. The molecule has 2 rings (SSSR count). The number of benzene rings is 1. The van der Waals surface area contributed by atoms with Crippen LogP contribution in [0.4, 0.5) is 4.39 Å². The Morgan fingerprint density at radius 3 is 2.69 bits per heavy atom. The van der Waals surface area contributed by atoms with Crippen molar-refractivity contribution in [3.63, 3.8) is 0 Å². The predicted molar refractivity (Wildman–Crippen MR) is 64.5 cm³/mol. The quantitative estimate of drug-likeness (QED) is 0.863. The summed E-state index contributed by atoms with van der Waals surface area (Å²) in [6.07, 6.45) is -0.929. The van der Waals surface area contributed by atoms with Gasteiger partial charge >= 0.3 is 0 Å². The number of aliphatic hydroxyl groups is 1. The highest BCUT2D eigenvalue weighted by molar-refractivity contribution is 7.10. The molecule has 0 saturated heterocycles. The minimum absolute atomic E-state index is 0.252. The molecule has 4 heteroatoms. The zero-order chi connectivity index (χ0) is 11.7. The lowest BCUT2D eigenvalue weighted by atomic mass is 10.0. The van der Waals surface area contributed by atoms with Crippen LogP contribution < -0.4 is 0 Å². The Balaban J connectivity index is 2.37. The van der Waals surface area contributed by atoms with Crippen molar-refractivity contribution in [2.24, 2.45) is 0 Å². The monoisotopic (exact) mass is 256 g/mol. The van der Waals surface area contributed by atoms with Crippen LogP contribution in [0.3, 0.4) is 0 Å². The van der Waals surface area contributed by atoms with Gasteiger partial charge in [-0.2, -0.15) is 0 Å². The van der Waals surface area contributed by atoms with Gasteiger partial charge in [-0.15, -0.1) is 11.3 Å². The van der Waals surface area contributed by atoms with Crippen LogP contribution in [0.15, 0.2) is 29.6 Å². The van der Waals surface area contributed by atoms with E-state index in [-0.39, 0.29) is 5.56 Å². The highest BCUT2D eigenvalue weighted by atomic mass is 35.5. The van der Waals surface area contributed by atoms with Crippen LogP contribution in [0.25, 0.3) is 0 Å². The van der Waals surface area contributed by atoms with Crippen LogP contribution in [0.5, 0.6) is 0 Å². The van der Waals surface area contributed by atoms with Gasteiger partial charge in [0.15, 0.2) is 0 Å². The van der Waals surface area contributed by atoms with Crippen molar-refractivity contribution in [1.29, 1.82) is 0 Å².